The number of hydrogen-bond acceptors (Lipinski definition) is 4. The lowest BCUT2D eigenvalue weighted by Crippen LogP contribution is -2.16. The fraction of sp³-hybridized carbons (Fsp3) is 0.600. The molecule has 0 saturated carbocycles. The summed E-state index contributed by atoms with van der Waals surface area (Å²) in [5.41, 5.74) is 1.12. The molecule has 1 aromatic rings. The first-order chi connectivity index (χ1) is 7.31. The Morgan fingerprint density at radius 1 is 1.80 bits per heavy atom. The van der Waals surface area contributed by atoms with Crippen molar-refractivity contribution in [1.82, 2.24) is 14.9 Å². The fourth-order valence-corrected chi connectivity index (χ4v) is 1.91. The number of esters is 1. The summed E-state index contributed by atoms with van der Waals surface area (Å²) in [5.74, 6) is 0.234. The number of carbonyl (C=O) groups is 1. The van der Waals surface area contributed by atoms with Crippen molar-refractivity contribution in [1.29, 1.82) is 0 Å². The van der Waals surface area contributed by atoms with Gasteiger partial charge in [-0.3, -0.25) is 4.79 Å². The predicted molar refractivity (Wildman–Crippen MR) is 54.5 cm³/mol. The maximum atomic E-state index is 11.2. The number of nitrogens with zero attached hydrogens (tertiary/aromatic N) is 2. The average molecular weight is 209 g/mol. The molecule has 1 fully saturated rings. The zero-order valence-corrected chi connectivity index (χ0v) is 8.77. The third kappa shape index (κ3) is 2.18. The number of hydrogen-bond donors (Lipinski definition) is 1. The van der Waals surface area contributed by atoms with E-state index in [4.69, 9.17) is 0 Å². The van der Waals surface area contributed by atoms with Crippen molar-refractivity contribution < 1.29 is 9.53 Å². The molecule has 15 heavy (non-hydrogen) atoms. The summed E-state index contributed by atoms with van der Waals surface area (Å²) in [4.78, 5) is 15.2. The second-order valence-corrected chi connectivity index (χ2v) is 3.71. The average Bonchev–Trinajstić information content (AvgIpc) is 2.86. The lowest BCUT2D eigenvalue weighted by atomic mass is 10.1. The summed E-state index contributed by atoms with van der Waals surface area (Å²) < 4.78 is 6.50. The highest BCUT2D eigenvalue weighted by Crippen LogP contribution is 2.21. The molecule has 1 unspecified atom stereocenters. The maximum Gasteiger partial charge on any atom is 0.325 e. The van der Waals surface area contributed by atoms with Crippen LogP contribution < -0.4 is 5.32 Å². The van der Waals surface area contributed by atoms with E-state index in [9.17, 15) is 4.79 Å². The van der Waals surface area contributed by atoms with Gasteiger partial charge in [-0.05, 0) is 13.0 Å². The molecule has 2 heterocycles. The first-order valence-electron chi connectivity index (χ1n) is 5.09. The van der Waals surface area contributed by atoms with Crippen molar-refractivity contribution in [3.05, 3.63) is 18.2 Å². The van der Waals surface area contributed by atoms with Gasteiger partial charge in [0.25, 0.3) is 0 Å². The summed E-state index contributed by atoms with van der Waals surface area (Å²) in [6, 6.07) is 0. The van der Waals surface area contributed by atoms with Gasteiger partial charge in [0.2, 0.25) is 0 Å². The highest BCUT2D eigenvalue weighted by atomic mass is 16.5. The van der Waals surface area contributed by atoms with E-state index >= 15 is 0 Å². The van der Waals surface area contributed by atoms with Gasteiger partial charge in [0.1, 0.15) is 6.54 Å². The maximum absolute atomic E-state index is 11.2. The molecule has 1 aromatic heterocycles. The van der Waals surface area contributed by atoms with Crippen LogP contribution in [0.5, 0.6) is 0 Å². The van der Waals surface area contributed by atoms with Gasteiger partial charge in [0.05, 0.1) is 13.4 Å². The first-order valence-corrected chi connectivity index (χ1v) is 5.09. The van der Waals surface area contributed by atoms with Gasteiger partial charge in [-0.2, -0.15) is 0 Å². The van der Waals surface area contributed by atoms with Crippen molar-refractivity contribution >= 4 is 5.97 Å². The van der Waals surface area contributed by atoms with Crippen LogP contribution in [-0.4, -0.2) is 35.7 Å². The van der Waals surface area contributed by atoms with Gasteiger partial charge in [0, 0.05) is 24.4 Å². The van der Waals surface area contributed by atoms with Crippen molar-refractivity contribution in [3.63, 3.8) is 0 Å². The molecular weight excluding hydrogens is 194 g/mol. The van der Waals surface area contributed by atoms with E-state index < -0.39 is 0 Å². The zero-order valence-electron chi connectivity index (χ0n) is 8.77. The van der Waals surface area contributed by atoms with Crippen LogP contribution >= 0.6 is 0 Å². The van der Waals surface area contributed by atoms with Gasteiger partial charge >= 0.3 is 5.97 Å². The number of ether oxygens (including phenoxy) is 1. The van der Waals surface area contributed by atoms with Crippen molar-refractivity contribution in [2.45, 2.75) is 18.9 Å². The zero-order chi connectivity index (χ0) is 10.7. The Morgan fingerprint density at radius 3 is 3.33 bits per heavy atom. The van der Waals surface area contributed by atoms with Crippen molar-refractivity contribution in [3.8, 4) is 0 Å². The molecule has 5 nitrogen and oxygen atoms in total. The molecule has 1 saturated heterocycles. The van der Waals surface area contributed by atoms with E-state index in [2.05, 4.69) is 15.0 Å². The third-order valence-corrected chi connectivity index (χ3v) is 2.75. The Kier molecular flexibility index (Phi) is 3.01. The minimum Gasteiger partial charge on any atom is -0.468 e. The van der Waals surface area contributed by atoms with Gasteiger partial charge < -0.3 is 14.6 Å². The number of rotatable bonds is 3. The molecule has 0 bridgehead atoms. The molecule has 5 heteroatoms. The van der Waals surface area contributed by atoms with Gasteiger partial charge in [-0.25, -0.2) is 4.98 Å². The van der Waals surface area contributed by atoms with Gasteiger partial charge in [-0.15, -0.1) is 0 Å². The van der Waals surface area contributed by atoms with Crippen LogP contribution in [0.15, 0.2) is 12.5 Å². The molecule has 1 aliphatic heterocycles. The molecule has 0 spiro atoms. The summed E-state index contributed by atoms with van der Waals surface area (Å²) >= 11 is 0. The van der Waals surface area contributed by atoms with Gasteiger partial charge in [0.15, 0.2) is 0 Å². The normalized spacial score (nSPS) is 20.5. The van der Waals surface area contributed by atoms with Crippen molar-refractivity contribution in [2.75, 3.05) is 20.2 Å². The molecule has 2 rings (SSSR count). The molecule has 0 aliphatic carbocycles. The largest absolute Gasteiger partial charge is 0.468 e. The summed E-state index contributed by atoms with van der Waals surface area (Å²) in [7, 11) is 1.40. The van der Waals surface area contributed by atoms with Gasteiger partial charge in [-0.1, -0.05) is 0 Å². The number of aromatic nitrogens is 2. The summed E-state index contributed by atoms with van der Waals surface area (Å²) in [6.07, 6.45) is 4.62. The molecular formula is C10H15N3O2. The Bertz CT molecular complexity index is 342. The van der Waals surface area contributed by atoms with E-state index in [1.165, 1.54) is 7.11 Å². The first kappa shape index (κ1) is 10.2. The Labute approximate surface area is 88.4 Å². The molecule has 82 valence electrons. The molecule has 1 aliphatic rings. The molecule has 0 aromatic carbocycles. The summed E-state index contributed by atoms with van der Waals surface area (Å²) in [5, 5.41) is 3.30. The number of methoxy groups -OCH3 is 1. The predicted octanol–water partition coefficient (Wildman–Crippen LogP) is 0.133. The fourth-order valence-electron chi connectivity index (χ4n) is 1.91. The van der Waals surface area contributed by atoms with Crippen LogP contribution in [0.25, 0.3) is 0 Å². The molecule has 1 N–H and O–H groups in total. The van der Waals surface area contributed by atoms with Crippen LogP contribution in [-0.2, 0) is 16.1 Å². The lowest BCUT2D eigenvalue weighted by molar-refractivity contribution is -0.141. The minimum absolute atomic E-state index is 0.236. The molecule has 0 amide bonds. The number of nitrogens with one attached hydrogen (secondary N) is 1. The minimum atomic E-state index is -0.236. The third-order valence-electron chi connectivity index (χ3n) is 2.75. The van der Waals surface area contributed by atoms with E-state index in [0.717, 1.165) is 25.2 Å². The highest BCUT2D eigenvalue weighted by molar-refractivity contribution is 5.69. The van der Waals surface area contributed by atoms with E-state index in [0.29, 0.717) is 5.92 Å². The van der Waals surface area contributed by atoms with Crippen LogP contribution in [0, 0.1) is 0 Å². The van der Waals surface area contributed by atoms with E-state index in [-0.39, 0.29) is 12.5 Å². The van der Waals surface area contributed by atoms with Crippen LogP contribution in [0.3, 0.4) is 0 Å². The SMILES string of the molecule is COC(=O)Cn1cncc1C1CCNC1. The molecule has 0 radical (unpaired) electrons. The standard InChI is InChI=1S/C10H15N3O2/c1-15-10(14)6-13-7-12-5-9(13)8-2-3-11-4-8/h5,7-8,11H,2-4,6H2,1H3. The Balaban J connectivity index is 2.10. The Hall–Kier alpha value is -1.36. The van der Waals surface area contributed by atoms with Crippen LogP contribution in [0.1, 0.15) is 18.0 Å². The quantitative estimate of drug-likeness (QED) is 0.719. The van der Waals surface area contributed by atoms with Crippen LogP contribution in [0.2, 0.25) is 0 Å². The van der Waals surface area contributed by atoms with E-state index in [1.54, 1.807) is 6.33 Å². The number of carbonyl (C=O) groups excluding carboxylic acids is 1. The Morgan fingerprint density at radius 2 is 2.67 bits per heavy atom. The second-order valence-electron chi connectivity index (χ2n) is 3.71. The smallest absolute Gasteiger partial charge is 0.325 e. The topological polar surface area (TPSA) is 56.2 Å². The van der Waals surface area contributed by atoms with E-state index in [1.807, 2.05) is 10.8 Å². The summed E-state index contributed by atoms with van der Waals surface area (Å²) in [6.45, 7) is 2.25. The lowest BCUT2D eigenvalue weighted by Gasteiger charge is -2.11. The second kappa shape index (κ2) is 4.44. The van der Waals surface area contributed by atoms with Crippen LogP contribution in [0.4, 0.5) is 0 Å². The number of imidazole rings is 1. The molecule has 1 atom stereocenters. The highest BCUT2D eigenvalue weighted by Gasteiger charge is 2.20. The van der Waals surface area contributed by atoms with Crippen molar-refractivity contribution in [2.24, 2.45) is 0 Å². The monoisotopic (exact) mass is 209 g/mol.